The van der Waals surface area contributed by atoms with Crippen LogP contribution in [0.1, 0.15) is 26.2 Å². The molecule has 1 aromatic rings. The van der Waals surface area contributed by atoms with Gasteiger partial charge in [-0.3, -0.25) is 9.59 Å². The fourth-order valence-electron chi connectivity index (χ4n) is 2.43. The number of carboxylic acid groups (broad SMARTS) is 1. The fourth-order valence-corrected chi connectivity index (χ4v) is 2.43. The van der Waals surface area contributed by atoms with Crippen molar-refractivity contribution in [1.29, 1.82) is 0 Å². The number of carbonyl (C=O) groups is 2. The zero-order valence-corrected chi connectivity index (χ0v) is 11.7. The summed E-state index contributed by atoms with van der Waals surface area (Å²) in [6.45, 7) is 1.60. The van der Waals surface area contributed by atoms with Crippen molar-refractivity contribution in [3.05, 3.63) is 30.1 Å². The molecule has 1 saturated carbocycles. The number of amides is 1. The molecule has 6 heteroatoms. The van der Waals surface area contributed by atoms with Crippen LogP contribution in [0, 0.1) is 11.7 Å². The average Bonchev–Trinajstić information content (AvgIpc) is 2.90. The van der Waals surface area contributed by atoms with Crippen LogP contribution in [0.15, 0.2) is 24.3 Å². The van der Waals surface area contributed by atoms with Crippen LogP contribution in [0.25, 0.3) is 0 Å². The first-order valence-corrected chi connectivity index (χ1v) is 6.91. The van der Waals surface area contributed by atoms with Crippen LogP contribution in [-0.2, 0) is 9.59 Å². The van der Waals surface area contributed by atoms with E-state index in [9.17, 15) is 14.0 Å². The van der Waals surface area contributed by atoms with Gasteiger partial charge in [0.05, 0.1) is 5.92 Å². The molecule has 0 aromatic heterocycles. The van der Waals surface area contributed by atoms with Crippen LogP contribution in [0.2, 0.25) is 0 Å². The highest BCUT2D eigenvalue weighted by atomic mass is 19.1. The Hall–Kier alpha value is -2.11. The zero-order chi connectivity index (χ0) is 15.4. The van der Waals surface area contributed by atoms with E-state index in [0.717, 1.165) is 0 Å². The van der Waals surface area contributed by atoms with E-state index in [1.165, 1.54) is 24.3 Å². The molecule has 2 N–H and O–H groups in total. The Kier molecular flexibility index (Phi) is 4.77. The maximum atomic E-state index is 12.8. The number of aliphatic carboxylic acids is 1. The molecule has 0 spiro atoms. The van der Waals surface area contributed by atoms with Crippen molar-refractivity contribution in [2.45, 2.75) is 38.3 Å². The monoisotopic (exact) mass is 295 g/mol. The van der Waals surface area contributed by atoms with Crippen molar-refractivity contribution in [1.82, 2.24) is 5.32 Å². The Labute approximate surface area is 122 Å². The Balaban J connectivity index is 1.83. The summed E-state index contributed by atoms with van der Waals surface area (Å²) in [5.41, 5.74) is 0. The smallest absolute Gasteiger partial charge is 0.306 e. The van der Waals surface area contributed by atoms with E-state index >= 15 is 0 Å². The largest absolute Gasteiger partial charge is 0.481 e. The third-order valence-electron chi connectivity index (χ3n) is 3.62. The third-order valence-corrected chi connectivity index (χ3v) is 3.62. The third kappa shape index (κ3) is 4.18. The lowest BCUT2D eigenvalue weighted by Crippen LogP contribution is -2.41. The quantitative estimate of drug-likeness (QED) is 0.870. The Morgan fingerprint density at radius 3 is 2.57 bits per heavy atom. The molecule has 1 unspecified atom stereocenters. The standard InChI is InChI=1S/C15H18FNO4/c1-9(21-13-6-3-11(16)4-7-13)14(18)17-12-5-2-10(8-12)15(19)20/h3-4,6-7,9-10,12H,2,5,8H2,1H3,(H,17,18)(H,19,20)/t9?,10-,12+/m1/s1. The van der Waals surface area contributed by atoms with Gasteiger partial charge in [0.25, 0.3) is 5.91 Å². The minimum atomic E-state index is -0.817. The number of rotatable bonds is 5. The van der Waals surface area contributed by atoms with E-state index < -0.39 is 12.1 Å². The van der Waals surface area contributed by atoms with E-state index in [4.69, 9.17) is 9.84 Å². The molecule has 1 aliphatic rings. The van der Waals surface area contributed by atoms with Crippen LogP contribution >= 0.6 is 0 Å². The highest BCUT2D eigenvalue weighted by Gasteiger charge is 2.31. The van der Waals surface area contributed by atoms with Crippen molar-refractivity contribution in [2.24, 2.45) is 5.92 Å². The van der Waals surface area contributed by atoms with E-state index in [-0.39, 0.29) is 23.7 Å². The second kappa shape index (κ2) is 6.56. The lowest BCUT2D eigenvalue weighted by Gasteiger charge is -2.18. The Morgan fingerprint density at radius 2 is 2.00 bits per heavy atom. The van der Waals surface area contributed by atoms with Crippen LogP contribution in [0.4, 0.5) is 4.39 Å². The van der Waals surface area contributed by atoms with Gasteiger partial charge in [0, 0.05) is 6.04 Å². The van der Waals surface area contributed by atoms with Crippen LogP contribution in [0.5, 0.6) is 5.75 Å². The van der Waals surface area contributed by atoms with Gasteiger partial charge in [-0.15, -0.1) is 0 Å². The number of carbonyl (C=O) groups excluding carboxylic acids is 1. The van der Waals surface area contributed by atoms with Gasteiger partial charge in [0.2, 0.25) is 0 Å². The molecule has 1 amide bonds. The number of carboxylic acids is 1. The van der Waals surface area contributed by atoms with Crippen LogP contribution < -0.4 is 10.1 Å². The molecule has 1 aliphatic carbocycles. The highest BCUT2D eigenvalue weighted by molar-refractivity contribution is 5.81. The van der Waals surface area contributed by atoms with Gasteiger partial charge in [-0.2, -0.15) is 0 Å². The van der Waals surface area contributed by atoms with Crippen molar-refractivity contribution in [3.63, 3.8) is 0 Å². The molecule has 2 rings (SSSR count). The number of benzene rings is 1. The van der Waals surface area contributed by atoms with Gasteiger partial charge in [-0.25, -0.2) is 4.39 Å². The van der Waals surface area contributed by atoms with Gasteiger partial charge in [0.15, 0.2) is 6.10 Å². The normalized spacial score (nSPS) is 22.6. The van der Waals surface area contributed by atoms with E-state index in [0.29, 0.717) is 25.0 Å². The predicted octanol–water partition coefficient (Wildman–Crippen LogP) is 1.96. The summed E-state index contributed by atoms with van der Waals surface area (Å²) in [4.78, 5) is 22.9. The predicted molar refractivity (Wildman–Crippen MR) is 73.4 cm³/mol. The molecule has 3 atom stereocenters. The first-order chi connectivity index (χ1) is 9.95. The molecule has 0 bridgehead atoms. The maximum absolute atomic E-state index is 12.8. The summed E-state index contributed by atoms with van der Waals surface area (Å²) in [6, 6.07) is 5.30. The first kappa shape index (κ1) is 15.3. The van der Waals surface area contributed by atoms with E-state index in [1.54, 1.807) is 6.92 Å². The van der Waals surface area contributed by atoms with Crippen molar-refractivity contribution in [2.75, 3.05) is 0 Å². The number of nitrogens with one attached hydrogen (secondary N) is 1. The second-order valence-corrected chi connectivity index (χ2v) is 5.27. The van der Waals surface area contributed by atoms with Gasteiger partial charge >= 0.3 is 5.97 Å². The number of hydrogen-bond donors (Lipinski definition) is 2. The van der Waals surface area contributed by atoms with Gasteiger partial charge in [-0.05, 0) is 50.5 Å². The maximum Gasteiger partial charge on any atom is 0.306 e. The van der Waals surface area contributed by atoms with Crippen molar-refractivity contribution < 1.29 is 23.8 Å². The number of hydrogen-bond acceptors (Lipinski definition) is 3. The SMILES string of the molecule is CC(Oc1ccc(F)cc1)C(=O)N[C@H]1CC[C@@H](C(=O)O)C1. The van der Waals surface area contributed by atoms with Gasteiger partial charge in [-0.1, -0.05) is 0 Å². The molecule has 0 heterocycles. The van der Waals surface area contributed by atoms with Crippen molar-refractivity contribution in [3.8, 4) is 5.75 Å². The minimum Gasteiger partial charge on any atom is -0.481 e. The molecule has 1 aromatic carbocycles. The van der Waals surface area contributed by atoms with Gasteiger partial charge < -0.3 is 15.2 Å². The molecule has 0 radical (unpaired) electrons. The molecule has 21 heavy (non-hydrogen) atoms. The molecule has 5 nitrogen and oxygen atoms in total. The average molecular weight is 295 g/mol. The molecule has 0 aliphatic heterocycles. The summed E-state index contributed by atoms with van der Waals surface area (Å²) in [6.07, 6.45) is 0.961. The molecule has 1 fully saturated rings. The van der Waals surface area contributed by atoms with Crippen LogP contribution in [0.3, 0.4) is 0 Å². The summed E-state index contributed by atoms with van der Waals surface area (Å²) in [7, 11) is 0. The molecular formula is C15H18FNO4. The second-order valence-electron chi connectivity index (χ2n) is 5.27. The van der Waals surface area contributed by atoms with E-state index in [1.807, 2.05) is 0 Å². The Morgan fingerprint density at radius 1 is 1.33 bits per heavy atom. The molecule has 114 valence electrons. The first-order valence-electron chi connectivity index (χ1n) is 6.91. The molecular weight excluding hydrogens is 277 g/mol. The zero-order valence-electron chi connectivity index (χ0n) is 11.7. The summed E-state index contributed by atoms with van der Waals surface area (Å²) in [5, 5.41) is 11.7. The lowest BCUT2D eigenvalue weighted by atomic mass is 10.1. The summed E-state index contributed by atoms with van der Waals surface area (Å²) in [5.74, 6) is -1.46. The highest BCUT2D eigenvalue weighted by Crippen LogP contribution is 2.25. The van der Waals surface area contributed by atoms with E-state index in [2.05, 4.69) is 5.32 Å². The lowest BCUT2D eigenvalue weighted by molar-refractivity contribution is -0.141. The van der Waals surface area contributed by atoms with Crippen molar-refractivity contribution >= 4 is 11.9 Å². The fraction of sp³-hybridized carbons (Fsp3) is 0.467. The number of ether oxygens (including phenoxy) is 1. The van der Waals surface area contributed by atoms with Gasteiger partial charge in [0.1, 0.15) is 11.6 Å². The topological polar surface area (TPSA) is 75.6 Å². The Bertz CT molecular complexity index is 517. The van der Waals surface area contributed by atoms with Crippen LogP contribution in [-0.4, -0.2) is 29.1 Å². The molecule has 0 saturated heterocycles. The summed E-state index contributed by atoms with van der Waals surface area (Å²) >= 11 is 0. The number of halogens is 1. The minimum absolute atomic E-state index is 0.127. The summed E-state index contributed by atoms with van der Waals surface area (Å²) < 4.78 is 18.2.